The molecule has 1 aliphatic heterocycles. The average molecular weight is 715 g/mol. The van der Waals surface area contributed by atoms with Gasteiger partial charge in [-0.1, -0.05) is 18.5 Å². The second kappa shape index (κ2) is 17.0. The first kappa shape index (κ1) is 36.8. The number of nitrogens with zero attached hydrogens (tertiary/aromatic N) is 6. The van der Waals surface area contributed by atoms with Crippen LogP contribution in [0.4, 0.5) is 14.5 Å². The number of nitrogens with one attached hydrogen (secondary N) is 2. The van der Waals surface area contributed by atoms with Crippen molar-refractivity contribution < 1.29 is 37.3 Å². The van der Waals surface area contributed by atoms with Crippen molar-refractivity contribution in [3.8, 4) is 11.4 Å². The second-order valence-corrected chi connectivity index (χ2v) is 13.3. The van der Waals surface area contributed by atoms with Crippen molar-refractivity contribution in [2.45, 2.75) is 83.4 Å². The second-order valence-electron chi connectivity index (χ2n) is 12.4. The van der Waals surface area contributed by atoms with E-state index in [-0.39, 0.29) is 65.8 Å². The van der Waals surface area contributed by atoms with E-state index in [0.29, 0.717) is 24.6 Å². The van der Waals surface area contributed by atoms with Gasteiger partial charge in [0.1, 0.15) is 28.0 Å². The molecule has 1 aliphatic carbocycles. The SMILES string of the molecule is CCOC1CCC(n2cc(NC(=O)c3csc(C4C=N[N+](COC(=O)CCCNC(=O)[C@@H](N)C(C)C)=C4)n3)c(-c3nc(F)ccc3F)n2)CC1. The van der Waals surface area contributed by atoms with Crippen LogP contribution in [0.15, 0.2) is 28.8 Å². The zero-order valence-corrected chi connectivity index (χ0v) is 29.0. The number of anilines is 1. The van der Waals surface area contributed by atoms with Crippen LogP contribution in [-0.2, 0) is 19.1 Å². The molecule has 2 atom stereocenters. The molecule has 0 saturated heterocycles. The fraction of sp³-hybridized carbons (Fsp3) is 0.515. The van der Waals surface area contributed by atoms with E-state index in [0.717, 1.165) is 37.8 Å². The summed E-state index contributed by atoms with van der Waals surface area (Å²) in [4.78, 5) is 45.7. The molecule has 3 aromatic rings. The summed E-state index contributed by atoms with van der Waals surface area (Å²) in [6.45, 7) is 6.51. The maximum Gasteiger partial charge on any atom is 0.319 e. The molecule has 0 spiro atoms. The lowest BCUT2D eigenvalue weighted by Crippen LogP contribution is -2.44. The van der Waals surface area contributed by atoms with Gasteiger partial charge in [0.05, 0.1) is 30.1 Å². The summed E-state index contributed by atoms with van der Waals surface area (Å²) >= 11 is 1.24. The van der Waals surface area contributed by atoms with E-state index < -0.39 is 29.7 Å². The Balaban J connectivity index is 1.18. The van der Waals surface area contributed by atoms with Gasteiger partial charge in [0.2, 0.25) is 11.9 Å². The Bertz CT molecular complexity index is 1740. The average Bonchev–Trinajstić information content (AvgIpc) is 3.87. The highest BCUT2D eigenvalue weighted by atomic mass is 32.1. The number of hydrogen-bond acceptors (Lipinski definition) is 11. The molecule has 14 nitrogen and oxygen atoms in total. The molecule has 4 heterocycles. The van der Waals surface area contributed by atoms with Crippen LogP contribution in [0.1, 0.15) is 86.8 Å². The molecule has 3 aromatic heterocycles. The van der Waals surface area contributed by atoms with Crippen LogP contribution in [0.5, 0.6) is 0 Å². The maximum absolute atomic E-state index is 14.8. The summed E-state index contributed by atoms with van der Waals surface area (Å²) < 4.78 is 43.1. The molecule has 4 N–H and O–H groups in total. The van der Waals surface area contributed by atoms with Crippen molar-refractivity contribution in [2.75, 3.05) is 25.2 Å². The van der Waals surface area contributed by atoms with E-state index in [9.17, 15) is 23.2 Å². The van der Waals surface area contributed by atoms with Gasteiger partial charge in [0.25, 0.3) is 5.91 Å². The molecule has 17 heteroatoms. The number of nitrogens with two attached hydrogens (primary N) is 1. The highest BCUT2D eigenvalue weighted by molar-refractivity contribution is 7.10. The number of ether oxygens (including phenoxy) is 2. The zero-order chi connectivity index (χ0) is 35.8. The number of hydrazone groups is 1. The summed E-state index contributed by atoms with van der Waals surface area (Å²) in [5, 5.41) is 16.4. The summed E-state index contributed by atoms with van der Waals surface area (Å²) in [5.41, 5.74) is 5.80. The van der Waals surface area contributed by atoms with Gasteiger partial charge in [-0.15, -0.1) is 11.3 Å². The van der Waals surface area contributed by atoms with Crippen molar-refractivity contribution in [3.05, 3.63) is 46.2 Å². The zero-order valence-electron chi connectivity index (χ0n) is 28.2. The molecule has 0 radical (unpaired) electrons. The smallest absolute Gasteiger partial charge is 0.319 e. The largest absolute Gasteiger partial charge is 0.403 e. The molecule has 50 heavy (non-hydrogen) atoms. The van der Waals surface area contributed by atoms with E-state index in [4.69, 9.17) is 15.2 Å². The standard InChI is InChI=1S/C33H41F2N9O5S/c1-4-48-22-9-7-21(8-10-22)44-16-24(30(42-44)29-23(34)11-12-26(35)41-29)39-31(46)25-17-50-33(40-25)20-14-38-43(15-20)18-49-27(45)6-5-13-37-32(47)28(36)19(2)3/h11-12,14-17,19-22,28H,4-10,13,18,36H2,1-3H3,(H-,37,39,46,47)/p+1/t20?,21?,22?,28-/m0/s1. The Morgan fingerprint density at radius 1 is 1.14 bits per heavy atom. The summed E-state index contributed by atoms with van der Waals surface area (Å²) in [5.74, 6) is -3.26. The third kappa shape index (κ3) is 9.39. The molecular weight excluding hydrogens is 672 g/mol. The molecule has 5 rings (SSSR count). The molecule has 2 aliphatic rings. The molecule has 1 saturated carbocycles. The van der Waals surface area contributed by atoms with Crippen molar-refractivity contribution in [3.63, 3.8) is 0 Å². The van der Waals surface area contributed by atoms with Gasteiger partial charge in [-0.25, -0.2) is 14.4 Å². The predicted molar refractivity (Wildman–Crippen MR) is 182 cm³/mol. The molecule has 0 aromatic carbocycles. The highest BCUT2D eigenvalue weighted by Crippen LogP contribution is 2.34. The van der Waals surface area contributed by atoms with Gasteiger partial charge in [0, 0.05) is 31.1 Å². The van der Waals surface area contributed by atoms with E-state index in [1.54, 1.807) is 28.7 Å². The molecule has 2 amide bonds. The lowest BCUT2D eigenvalue weighted by atomic mass is 9.93. The summed E-state index contributed by atoms with van der Waals surface area (Å²) in [6, 6.07) is 1.28. The third-order valence-corrected chi connectivity index (χ3v) is 9.37. The van der Waals surface area contributed by atoms with Crippen LogP contribution in [-0.4, -0.2) is 86.7 Å². The Morgan fingerprint density at radius 2 is 1.92 bits per heavy atom. The number of pyridine rings is 1. The predicted octanol–water partition coefficient (Wildman–Crippen LogP) is 4.00. The fourth-order valence-electron chi connectivity index (χ4n) is 5.57. The minimum Gasteiger partial charge on any atom is -0.403 e. The molecule has 0 bridgehead atoms. The summed E-state index contributed by atoms with van der Waals surface area (Å²) in [6.07, 6.45) is 8.84. The Hall–Kier alpha value is -4.48. The van der Waals surface area contributed by atoms with Crippen molar-refractivity contribution in [1.82, 2.24) is 25.1 Å². The Morgan fingerprint density at radius 3 is 2.66 bits per heavy atom. The van der Waals surface area contributed by atoms with Gasteiger partial charge >= 0.3 is 12.7 Å². The first-order chi connectivity index (χ1) is 24.0. The minimum absolute atomic E-state index is 0.0118. The number of halogens is 2. The van der Waals surface area contributed by atoms with Gasteiger partial charge in [-0.2, -0.15) is 9.49 Å². The van der Waals surface area contributed by atoms with Crippen molar-refractivity contribution >= 4 is 47.2 Å². The van der Waals surface area contributed by atoms with Crippen molar-refractivity contribution in [1.29, 1.82) is 0 Å². The van der Waals surface area contributed by atoms with Crippen LogP contribution in [0.2, 0.25) is 0 Å². The Labute approximate surface area is 292 Å². The van der Waals surface area contributed by atoms with Crippen LogP contribution in [0, 0.1) is 17.7 Å². The quantitative estimate of drug-likeness (QED) is 0.0909. The van der Waals surface area contributed by atoms with Gasteiger partial charge in [-0.05, 0) is 62.2 Å². The van der Waals surface area contributed by atoms with E-state index in [1.165, 1.54) is 16.0 Å². The third-order valence-electron chi connectivity index (χ3n) is 8.42. The molecule has 268 valence electrons. The van der Waals surface area contributed by atoms with Crippen molar-refractivity contribution in [2.24, 2.45) is 16.8 Å². The van der Waals surface area contributed by atoms with Gasteiger partial charge in [-0.3, -0.25) is 19.1 Å². The number of carbonyl (C=O) groups excluding carboxylic acids is 3. The van der Waals surface area contributed by atoms with Crippen LogP contribution < -0.4 is 16.4 Å². The number of aromatic nitrogens is 4. The minimum atomic E-state index is -0.874. The monoisotopic (exact) mass is 714 g/mol. The molecule has 1 fully saturated rings. The van der Waals surface area contributed by atoms with Crippen LogP contribution >= 0.6 is 11.3 Å². The first-order valence-electron chi connectivity index (χ1n) is 16.7. The lowest BCUT2D eigenvalue weighted by molar-refractivity contribution is -0.560. The first-order valence-corrected chi connectivity index (χ1v) is 17.5. The van der Waals surface area contributed by atoms with E-state index >= 15 is 0 Å². The number of esters is 1. The lowest BCUT2D eigenvalue weighted by Gasteiger charge is -2.28. The van der Waals surface area contributed by atoms with Crippen LogP contribution in [0.25, 0.3) is 11.4 Å². The topological polar surface area (TPSA) is 179 Å². The number of hydrogen-bond donors (Lipinski definition) is 3. The van der Waals surface area contributed by atoms with Gasteiger partial charge in [0.15, 0.2) is 12.0 Å². The van der Waals surface area contributed by atoms with E-state index in [2.05, 4.69) is 30.8 Å². The summed E-state index contributed by atoms with van der Waals surface area (Å²) in [7, 11) is 0. The molecule has 1 unspecified atom stereocenters. The van der Waals surface area contributed by atoms with E-state index in [1.807, 2.05) is 20.8 Å². The highest BCUT2D eigenvalue weighted by Gasteiger charge is 2.29. The number of thiazole rings is 1. The fourth-order valence-corrected chi connectivity index (χ4v) is 6.39. The number of rotatable bonds is 15. The Kier molecular flexibility index (Phi) is 12.5. The van der Waals surface area contributed by atoms with Crippen LogP contribution in [0.3, 0.4) is 0 Å². The number of amides is 2. The maximum atomic E-state index is 14.8. The molecular formula is C33H42F2N9O5S+. The van der Waals surface area contributed by atoms with Gasteiger partial charge < -0.3 is 25.8 Å². The normalized spacial score (nSPS) is 19.3. The number of carbonyl (C=O) groups is 3.